The van der Waals surface area contributed by atoms with Gasteiger partial charge in [-0.2, -0.15) is 0 Å². The molecule has 10 heteroatoms. The van der Waals surface area contributed by atoms with Gasteiger partial charge in [-0.3, -0.25) is 4.79 Å². The molecule has 2 heterocycles. The number of piperidine rings is 1. The average Bonchev–Trinajstić information content (AvgIpc) is 3.10. The van der Waals surface area contributed by atoms with Crippen molar-refractivity contribution in [3.63, 3.8) is 0 Å². The molecule has 1 aliphatic rings. The number of hydrogen-bond acceptors (Lipinski definition) is 7. The van der Waals surface area contributed by atoms with Crippen LogP contribution in [-0.2, 0) is 21.2 Å². The van der Waals surface area contributed by atoms with E-state index in [-0.39, 0.29) is 12.5 Å². The summed E-state index contributed by atoms with van der Waals surface area (Å²) in [6, 6.07) is 6.65. The highest BCUT2D eigenvalue weighted by atomic mass is 35.5. The molecule has 0 bridgehead atoms. The molecule has 0 N–H and O–H groups in total. The normalized spacial score (nSPS) is 20.2. The van der Waals surface area contributed by atoms with Crippen LogP contribution in [0.15, 0.2) is 33.9 Å². The zero-order valence-corrected chi connectivity index (χ0v) is 17.2. The van der Waals surface area contributed by atoms with E-state index in [2.05, 4.69) is 24.0 Å². The molecule has 8 nitrogen and oxygen atoms in total. The lowest BCUT2D eigenvalue weighted by Gasteiger charge is -2.34. The zero-order valence-electron chi connectivity index (χ0n) is 15.7. The number of rotatable bonds is 6. The van der Waals surface area contributed by atoms with Gasteiger partial charge >= 0.3 is 5.22 Å². The summed E-state index contributed by atoms with van der Waals surface area (Å²) in [6.45, 7) is 5.12. The van der Waals surface area contributed by atoms with E-state index < -0.39 is 26.7 Å². The number of nitrogens with zero attached hydrogens (tertiary/aromatic N) is 3. The van der Waals surface area contributed by atoms with E-state index in [1.54, 1.807) is 29.2 Å². The SMILES string of the molecule is CC1CC(C)CN(C(=O)CS(=O)(=O)c2nnc(COc3ccc(Cl)cc3)o2)C1. The summed E-state index contributed by atoms with van der Waals surface area (Å²) >= 11 is 5.80. The Morgan fingerprint density at radius 3 is 2.50 bits per heavy atom. The number of amides is 1. The molecule has 1 saturated heterocycles. The van der Waals surface area contributed by atoms with Gasteiger partial charge < -0.3 is 14.1 Å². The Morgan fingerprint density at radius 1 is 1.21 bits per heavy atom. The molecule has 0 spiro atoms. The van der Waals surface area contributed by atoms with Gasteiger partial charge in [-0.05, 0) is 42.5 Å². The fraction of sp³-hybridized carbons (Fsp3) is 0.500. The highest BCUT2D eigenvalue weighted by molar-refractivity contribution is 7.91. The van der Waals surface area contributed by atoms with Crippen molar-refractivity contribution >= 4 is 27.3 Å². The van der Waals surface area contributed by atoms with E-state index in [0.29, 0.717) is 35.7 Å². The quantitative estimate of drug-likeness (QED) is 0.697. The second-order valence-electron chi connectivity index (χ2n) is 7.21. The number of benzene rings is 1. The lowest BCUT2D eigenvalue weighted by molar-refractivity contribution is -0.131. The zero-order chi connectivity index (χ0) is 20.3. The van der Waals surface area contributed by atoms with Crippen molar-refractivity contribution in [3.8, 4) is 5.75 Å². The van der Waals surface area contributed by atoms with Crippen molar-refractivity contribution in [2.75, 3.05) is 18.8 Å². The van der Waals surface area contributed by atoms with Crippen LogP contribution in [0, 0.1) is 11.8 Å². The maximum absolute atomic E-state index is 12.5. The van der Waals surface area contributed by atoms with Crippen LogP contribution in [-0.4, -0.2) is 48.3 Å². The van der Waals surface area contributed by atoms with Gasteiger partial charge in [-0.25, -0.2) is 8.42 Å². The van der Waals surface area contributed by atoms with Crippen molar-refractivity contribution in [3.05, 3.63) is 35.2 Å². The van der Waals surface area contributed by atoms with Crippen LogP contribution in [0.25, 0.3) is 0 Å². The Morgan fingerprint density at radius 2 is 1.86 bits per heavy atom. The topological polar surface area (TPSA) is 103 Å². The van der Waals surface area contributed by atoms with Crippen LogP contribution in [0.2, 0.25) is 5.02 Å². The van der Waals surface area contributed by atoms with Crippen LogP contribution in [0.4, 0.5) is 0 Å². The van der Waals surface area contributed by atoms with E-state index in [1.807, 2.05) is 0 Å². The minimum atomic E-state index is -4.02. The third-order valence-corrected chi connectivity index (χ3v) is 6.00. The molecule has 1 fully saturated rings. The fourth-order valence-electron chi connectivity index (χ4n) is 3.28. The highest BCUT2D eigenvalue weighted by Gasteiger charge is 2.31. The van der Waals surface area contributed by atoms with Crippen molar-refractivity contribution in [2.45, 2.75) is 32.1 Å². The predicted molar refractivity (Wildman–Crippen MR) is 102 cm³/mol. The van der Waals surface area contributed by atoms with Gasteiger partial charge in [-0.1, -0.05) is 30.5 Å². The highest BCUT2D eigenvalue weighted by Crippen LogP contribution is 2.22. The van der Waals surface area contributed by atoms with Crippen LogP contribution in [0.3, 0.4) is 0 Å². The Labute approximate surface area is 168 Å². The Balaban J connectivity index is 1.61. The first-order valence-electron chi connectivity index (χ1n) is 8.94. The molecule has 0 aliphatic carbocycles. The molecule has 2 unspecified atom stereocenters. The minimum Gasteiger partial charge on any atom is -0.484 e. The van der Waals surface area contributed by atoms with E-state index in [4.69, 9.17) is 20.8 Å². The number of likely N-dealkylation sites (tertiary alicyclic amines) is 1. The molecule has 0 radical (unpaired) electrons. The van der Waals surface area contributed by atoms with Gasteiger partial charge in [0.1, 0.15) is 11.5 Å². The Kier molecular flexibility index (Phi) is 6.24. The molecule has 1 amide bonds. The molecule has 152 valence electrons. The van der Waals surface area contributed by atoms with Gasteiger partial charge in [0.2, 0.25) is 15.7 Å². The Hall–Kier alpha value is -2.13. The van der Waals surface area contributed by atoms with Crippen LogP contribution in [0.1, 0.15) is 26.2 Å². The number of halogens is 1. The lowest BCUT2D eigenvalue weighted by atomic mass is 9.92. The van der Waals surface area contributed by atoms with E-state index in [9.17, 15) is 13.2 Å². The number of aromatic nitrogens is 2. The Bertz CT molecular complexity index is 919. The molecular formula is C18H22ClN3O5S. The predicted octanol–water partition coefficient (Wildman–Crippen LogP) is 2.58. The van der Waals surface area contributed by atoms with Gasteiger partial charge in [0.15, 0.2) is 6.61 Å². The van der Waals surface area contributed by atoms with Gasteiger partial charge in [0.25, 0.3) is 5.89 Å². The minimum absolute atomic E-state index is 0.00110. The summed E-state index contributed by atoms with van der Waals surface area (Å²) in [4.78, 5) is 14.0. The second-order valence-corrected chi connectivity index (χ2v) is 9.51. The van der Waals surface area contributed by atoms with Gasteiger partial charge in [0, 0.05) is 18.1 Å². The van der Waals surface area contributed by atoms with E-state index in [1.165, 1.54) is 0 Å². The molecule has 1 aromatic carbocycles. The summed E-state index contributed by atoms with van der Waals surface area (Å²) in [5, 5.41) is 7.25. The standard InChI is InChI=1S/C18H22ClN3O5S/c1-12-7-13(2)9-22(8-12)17(23)11-28(24,25)18-21-20-16(27-18)10-26-15-5-3-14(19)4-6-15/h3-6,12-13H,7-11H2,1-2H3. The summed E-state index contributed by atoms with van der Waals surface area (Å²) < 4.78 is 35.6. The largest absolute Gasteiger partial charge is 0.484 e. The molecule has 1 aliphatic heterocycles. The maximum Gasteiger partial charge on any atom is 0.336 e. The van der Waals surface area contributed by atoms with Crippen LogP contribution >= 0.6 is 11.6 Å². The smallest absolute Gasteiger partial charge is 0.336 e. The number of hydrogen-bond donors (Lipinski definition) is 0. The first kappa shape index (κ1) is 20.6. The molecule has 2 atom stereocenters. The number of ether oxygens (including phenoxy) is 1. The third-order valence-electron chi connectivity index (χ3n) is 4.43. The van der Waals surface area contributed by atoms with Crippen molar-refractivity contribution in [1.29, 1.82) is 0 Å². The van der Waals surface area contributed by atoms with Crippen molar-refractivity contribution in [2.24, 2.45) is 11.8 Å². The van der Waals surface area contributed by atoms with Crippen LogP contribution < -0.4 is 4.74 Å². The number of sulfone groups is 1. The fourth-order valence-corrected chi connectivity index (χ4v) is 4.43. The van der Waals surface area contributed by atoms with Gasteiger partial charge in [-0.15, -0.1) is 5.10 Å². The molecule has 1 aromatic heterocycles. The monoisotopic (exact) mass is 427 g/mol. The first-order chi connectivity index (χ1) is 13.2. The first-order valence-corrected chi connectivity index (χ1v) is 11.0. The number of carbonyl (C=O) groups excluding carboxylic acids is 1. The maximum atomic E-state index is 12.5. The second kappa shape index (κ2) is 8.48. The molecular weight excluding hydrogens is 406 g/mol. The molecule has 3 rings (SSSR count). The summed E-state index contributed by atoms with van der Waals surface area (Å²) in [7, 11) is -4.02. The van der Waals surface area contributed by atoms with Gasteiger partial charge in [0.05, 0.1) is 0 Å². The molecule has 28 heavy (non-hydrogen) atoms. The molecule has 0 saturated carbocycles. The van der Waals surface area contributed by atoms with Crippen molar-refractivity contribution < 1.29 is 22.4 Å². The lowest BCUT2D eigenvalue weighted by Crippen LogP contribution is -2.44. The summed E-state index contributed by atoms with van der Waals surface area (Å²) in [5.41, 5.74) is 0. The number of carbonyl (C=O) groups is 1. The molecule has 2 aromatic rings. The van der Waals surface area contributed by atoms with Crippen molar-refractivity contribution in [1.82, 2.24) is 15.1 Å². The van der Waals surface area contributed by atoms with Crippen LogP contribution in [0.5, 0.6) is 5.75 Å². The summed E-state index contributed by atoms with van der Waals surface area (Å²) in [6.07, 6.45) is 1.02. The third kappa shape index (κ3) is 5.23. The average molecular weight is 428 g/mol. The summed E-state index contributed by atoms with van der Waals surface area (Å²) in [5.74, 6) is 0.0738. The van der Waals surface area contributed by atoms with E-state index >= 15 is 0 Å². The van der Waals surface area contributed by atoms with E-state index in [0.717, 1.165) is 6.42 Å².